The molecule has 0 spiro atoms. The molecule has 1 fully saturated rings. The van der Waals surface area contributed by atoms with Crippen LogP contribution in [-0.2, 0) is 4.74 Å². The number of aromatic amines is 1. The number of hydrogen-bond acceptors (Lipinski definition) is 3. The maximum Gasteiger partial charge on any atom is 0.270 e. The summed E-state index contributed by atoms with van der Waals surface area (Å²) in [5.74, 6) is -2.59. The standard InChI is InChI=1S/C14H14ClF2N3O2/c1-22-10-5-20(4-8(10)18)14(21)9-3-6-2-7(15)11(16)12(17)13(6)19-9/h2-3,8,10,19H,4-5,18H2,1H3/t8-,10-/m0/s1. The number of halogens is 3. The Morgan fingerprint density at radius 2 is 2.14 bits per heavy atom. The van der Waals surface area contributed by atoms with Crippen molar-refractivity contribution in [1.29, 1.82) is 0 Å². The molecule has 2 heterocycles. The second-order valence-electron chi connectivity index (χ2n) is 5.28. The minimum absolute atomic E-state index is 0.0861. The van der Waals surface area contributed by atoms with E-state index < -0.39 is 11.6 Å². The van der Waals surface area contributed by atoms with E-state index in [9.17, 15) is 13.6 Å². The van der Waals surface area contributed by atoms with Gasteiger partial charge in [-0.2, -0.15) is 0 Å². The van der Waals surface area contributed by atoms with Gasteiger partial charge in [-0.3, -0.25) is 4.79 Å². The van der Waals surface area contributed by atoms with Crippen LogP contribution in [0.4, 0.5) is 8.78 Å². The quantitative estimate of drug-likeness (QED) is 0.827. The van der Waals surface area contributed by atoms with Gasteiger partial charge in [-0.05, 0) is 12.1 Å². The molecule has 118 valence electrons. The summed E-state index contributed by atoms with van der Waals surface area (Å²) < 4.78 is 32.5. The number of fused-ring (bicyclic) bond motifs is 1. The maximum atomic E-state index is 13.8. The zero-order valence-electron chi connectivity index (χ0n) is 11.7. The van der Waals surface area contributed by atoms with Crippen LogP contribution >= 0.6 is 11.6 Å². The molecule has 2 aromatic rings. The van der Waals surface area contributed by atoms with Crippen LogP contribution in [0.2, 0.25) is 5.02 Å². The predicted molar refractivity (Wildman–Crippen MR) is 77.9 cm³/mol. The van der Waals surface area contributed by atoms with E-state index in [2.05, 4.69) is 4.98 Å². The summed E-state index contributed by atoms with van der Waals surface area (Å²) in [6, 6.07) is 2.44. The summed E-state index contributed by atoms with van der Waals surface area (Å²) >= 11 is 5.61. The molecule has 8 heteroatoms. The van der Waals surface area contributed by atoms with Gasteiger partial charge in [-0.15, -0.1) is 0 Å². The first-order valence-electron chi connectivity index (χ1n) is 6.66. The van der Waals surface area contributed by atoms with Crippen LogP contribution in [0.25, 0.3) is 10.9 Å². The second kappa shape index (κ2) is 5.49. The number of likely N-dealkylation sites (tertiary alicyclic amines) is 1. The lowest BCUT2D eigenvalue weighted by atomic mass is 10.2. The normalized spacial score (nSPS) is 21.8. The number of nitrogens with two attached hydrogens (primary N) is 1. The minimum Gasteiger partial charge on any atom is -0.378 e. The average Bonchev–Trinajstić information content (AvgIpc) is 3.07. The van der Waals surface area contributed by atoms with Crippen molar-refractivity contribution in [3.8, 4) is 0 Å². The van der Waals surface area contributed by atoms with Crippen molar-refractivity contribution >= 4 is 28.4 Å². The summed E-state index contributed by atoms with van der Waals surface area (Å²) in [5.41, 5.74) is 5.94. The fourth-order valence-electron chi connectivity index (χ4n) is 2.68. The summed E-state index contributed by atoms with van der Waals surface area (Å²) in [7, 11) is 1.53. The molecule has 0 bridgehead atoms. The third kappa shape index (κ3) is 2.35. The number of carbonyl (C=O) groups excluding carboxylic acids is 1. The number of nitrogens with one attached hydrogen (secondary N) is 1. The molecule has 22 heavy (non-hydrogen) atoms. The number of rotatable bonds is 2. The molecule has 5 nitrogen and oxygen atoms in total. The molecule has 0 saturated carbocycles. The molecule has 0 aliphatic carbocycles. The lowest BCUT2D eigenvalue weighted by Gasteiger charge is -2.14. The SMILES string of the molecule is CO[C@H]1CN(C(=O)c2cc3cc(Cl)c(F)c(F)c3[nH]2)C[C@@H]1N. The van der Waals surface area contributed by atoms with Crippen LogP contribution in [0.3, 0.4) is 0 Å². The van der Waals surface area contributed by atoms with Gasteiger partial charge in [0.05, 0.1) is 22.7 Å². The van der Waals surface area contributed by atoms with E-state index in [4.69, 9.17) is 22.1 Å². The number of aromatic nitrogens is 1. The van der Waals surface area contributed by atoms with Crippen molar-refractivity contribution < 1.29 is 18.3 Å². The summed E-state index contributed by atoms with van der Waals surface area (Å²) in [6.07, 6.45) is -0.239. The van der Waals surface area contributed by atoms with Crippen LogP contribution in [-0.4, -0.2) is 48.1 Å². The van der Waals surface area contributed by atoms with Crippen molar-refractivity contribution in [1.82, 2.24) is 9.88 Å². The molecule has 0 radical (unpaired) electrons. The first-order valence-corrected chi connectivity index (χ1v) is 7.04. The number of hydrogen-bond donors (Lipinski definition) is 2. The van der Waals surface area contributed by atoms with E-state index >= 15 is 0 Å². The second-order valence-corrected chi connectivity index (χ2v) is 5.69. The van der Waals surface area contributed by atoms with Gasteiger partial charge in [-0.25, -0.2) is 8.78 Å². The fraction of sp³-hybridized carbons (Fsp3) is 0.357. The lowest BCUT2D eigenvalue weighted by molar-refractivity contribution is 0.0712. The van der Waals surface area contributed by atoms with Gasteiger partial charge in [-0.1, -0.05) is 11.6 Å². The average molecular weight is 330 g/mol. The number of benzene rings is 1. The zero-order chi connectivity index (χ0) is 16.0. The van der Waals surface area contributed by atoms with E-state index in [0.29, 0.717) is 18.5 Å². The minimum atomic E-state index is -1.14. The van der Waals surface area contributed by atoms with Gasteiger partial charge in [0.15, 0.2) is 11.6 Å². The van der Waals surface area contributed by atoms with E-state index in [1.54, 1.807) is 0 Å². The highest BCUT2D eigenvalue weighted by molar-refractivity contribution is 6.31. The van der Waals surface area contributed by atoms with Crippen LogP contribution in [0.15, 0.2) is 12.1 Å². The van der Waals surface area contributed by atoms with Crippen LogP contribution < -0.4 is 5.73 Å². The molecular weight excluding hydrogens is 316 g/mol. The van der Waals surface area contributed by atoms with Crippen molar-refractivity contribution in [2.24, 2.45) is 5.73 Å². The Bertz CT molecular complexity index is 749. The number of nitrogens with zero attached hydrogens (tertiary/aromatic N) is 1. The van der Waals surface area contributed by atoms with Crippen LogP contribution in [0, 0.1) is 11.6 Å². The fourth-order valence-corrected chi connectivity index (χ4v) is 2.88. The van der Waals surface area contributed by atoms with Gasteiger partial charge in [0.2, 0.25) is 0 Å². The molecule has 1 aromatic heterocycles. The third-order valence-electron chi connectivity index (χ3n) is 3.88. The predicted octanol–water partition coefficient (Wildman–Crippen LogP) is 1.90. The largest absolute Gasteiger partial charge is 0.378 e. The van der Waals surface area contributed by atoms with E-state index in [0.717, 1.165) is 0 Å². The topological polar surface area (TPSA) is 71.3 Å². The van der Waals surface area contributed by atoms with Crippen molar-refractivity contribution in [2.45, 2.75) is 12.1 Å². The van der Waals surface area contributed by atoms with E-state index in [1.807, 2.05) is 0 Å². The Balaban J connectivity index is 1.94. The molecule has 3 rings (SSSR count). The van der Waals surface area contributed by atoms with Crippen molar-refractivity contribution in [2.75, 3.05) is 20.2 Å². The Hall–Kier alpha value is -1.70. The summed E-state index contributed by atoms with van der Waals surface area (Å²) in [6.45, 7) is 0.688. The van der Waals surface area contributed by atoms with E-state index in [-0.39, 0.29) is 34.3 Å². The van der Waals surface area contributed by atoms with Gasteiger partial charge >= 0.3 is 0 Å². The summed E-state index contributed by atoms with van der Waals surface area (Å²) in [5, 5.41) is 0.00433. The molecule has 3 N–H and O–H groups in total. The number of methoxy groups -OCH3 is 1. The number of carbonyl (C=O) groups is 1. The van der Waals surface area contributed by atoms with Gasteiger partial charge in [0, 0.05) is 25.6 Å². The smallest absolute Gasteiger partial charge is 0.270 e. The first-order chi connectivity index (χ1) is 10.4. The Kier molecular flexibility index (Phi) is 3.80. The zero-order valence-corrected chi connectivity index (χ0v) is 12.5. The Morgan fingerprint density at radius 3 is 2.77 bits per heavy atom. The molecule has 1 amide bonds. The third-order valence-corrected chi connectivity index (χ3v) is 4.16. The molecular formula is C14H14ClF2N3O2. The number of ether oxygens (including phenoxy) is 1. The number of H-pyrrole nitrogens is 1. The van der Waals surface area contributed by atoms with E-state index in [1.165, 1.54) is 24.1 Å². The van der Waals surface area contributed by atoms with Crippen LogP contribution in [0.1, 0.15) is 10.5 Å². The van der Waals surface area contributed by atoms with Crippen LogP contribution in [0.5, 0.6) is 0 Å². The van der Waals surface area contributed by atoms with Gasteiger partial charge in [0.25, 0.3) is 5.91 Å². The monoisotopic (exact) mass is 329 g/mol. The lowest BCUT2D eigenvalue weighted by Crippen LogP contribution is -2.34. The highest BCUT2D eigenvalue weighted by Gasteiger charge is 2.34. The highest BCUT2D eigenvalue weighted by atomic mass is 35.5. The first kappa shape index (κ1) is 15.2. The summed E-state index contributed by atoms with van der Waals surface area (Å²) in [4.78, 5) is 16.6. The molecule has 1 aliphatic rings. The molecule has 1 saturated heterocycles. The van der Waals surface area contributed by atoms with Gasteiger partial charge < -0.3 is 20.4 Å². The highest BCUT2D eigenvalue weighted by Crippen LogP contribution is 2.28. The van der Waals surface area contributed by atoms with Crippen molar-refractivity contribution in [3.05, 3.63) is 34.5 Å². The molecule has 2 atom stereocenters. The van der Waals surface area contributed by atoms with Crippen molar-refractivity contribution in [3.63, 3.8) is 0 Å². The maximum absolute atomic E-state index is 13.8. The molecule has 1 aromatic carbocycles. The Morgan fingerprint density at radius 1 is 1.41 bits per heavy atom. The molecule has 0 unspecified atom stereocenters. The van der Waals surface area contributed by atoms with Gasteiger partial charge in [0.1, 0.15) is 5.69 Å². The number of amides is 1. The molecule has 1 aliphatic heterocycles. The Labute approximate surface area is 130 Å².